The van der Waals surface area contributed by atoms with Gasteiger partial charge in [-0.05, 0) is 12.8 Å². The van der Waals surface area contributed by atoms with Crippen LogP contribution < -0.4 is 0 Å². The summed E-state index contributed by atoms with van der Waals surface area (Å²) in [4.78, 5) is 10.7. The van der Waals surface area contributed by atoms with Crippen LogP contribution in [-0.4, -0.2) is 33.2 Å². The number of carbonyl (C=O) groups excluding carboxylic acids is 1. The zero-order valence-electron chi connectivity index (χ0n) is 8.65. The van der Waals surface area contributed by atoms with E-state index in [0.717, 1.165) is 19.1 Å². The van der Waals surface area contributed by atoms with E-state index in [1.165, 1.54) is 0 Å². The Bertz CT molecular complexity index is 189. The minimum atomic E-state index is 0.141. The number of aldehydes is 1. The van der Waals surface area contributed by atoms with Crippen LogP contribution in [0.5, 0.6) is 0 Å². The first kappa shape index (κ1) is 11.4. The molecule has 0 saturated heterocycles. The van der Waals surface area contributed by atoms with Crippen molar-refractivity contribution in [2.45, 2.75) is 12.8 Å². The maximum absolute atomic E-state index is 10.7. The molecule has 0 aliphatic heterocycles. The molecule has 1 aliphatic rings. The number of hydrogen-bond acceptors (Lipinski definition) is 3. The second-order valence-electron chi connectivity index (χ2n) is 3.54. The van der Waals surface area contributed by atoms with Gasteiger partial charge in [-0.25, -0.2) is 0 Å². The lowest BCUT2D eigenvalue weighted by Crippen LogP contribution is -2.22. The van der Waals surface area contributed by atoms with Crippen LogP contribution >= 0.6 is 0 Å². The third-order valence-corrected chi connectivity index (χ3v) is 2.52. The van der Waals surface area contributed by atoms with Crippen molar-refractivity contribution in [2.24, 2.45) is 11.8 Å². The predicted molar refractivity (Wildman–Crippen MR) is 54.1 cm³/mol. The van der Waals surface area contributed by atoms with Crippen LogP contribution in [0, 0.1) is 11.8 Å². The molecule has 0 fully saturated rings. The number of carbonyl (C=O) groups is 1. The molecule has 0 aromatic carbocycles. The van der Waals surface area contributed by atoms with Crippen LogP contribution in [0.25, 0.3) is 0 Å². The maximum Gasteiger partial charge on any atom is 0.123 e. The minimum Gasteiger partial charge on any atom is -0.382 e. The third kappa shape index (κ3) is 3.60. The Morgan fingerprint density at radius 1 is 1.50 bits per heavy atom. The second-order valence-corrected chi connectivity index (χ2v) is 3.54. The highest BCUT2D eigenvalue weighted by Crippen LogP contribution is 2.22. The van der Waals surface area contributed by atoms with E-state index in [2.05, 4.69) is 12.2 Å². The van der Waals surface area contributed by atoms with Gasteiger partial charge in [0.25, 0.3) is 0 Å². The van der Waals surface area contributed by atoms with Gasteiger partial charge in [0, 0.05) is 18.9 Å². The SMILES string of the molecule is COCCOC[C@@H]1C=CCC[C@H]1C=O. The maximum atomic E-state index is 10.7. The van der Waals surface area contributed by atoms with Crippen LogP contribution in [0.15, 0.2) is 12.2 Å². The molecular weight excluding hydrogens is 180 g/mol. The molecule has 0 amide bonds. The van der Waals surface area contributed by atoms with Crippen molar-refractivity contribution >= 4 is 6.29 Å². The number of allylic oxidation sites excluding steroid dienone is 1. The first-order valence-corrected chi connectivity index (χ1v) is 5.07. The van der Waals surface area contributed by atoms with Gasteiger partial charge in [-0.2, -0.15) is 0 Å². The van der Waals surface area contributed by atoms with Crippen molar-refractivity contribution in [1.29, 1.82) is 0 Å². The summed E-state index contributed by atoms with van der Waals surface area (Å²) in [5.41, 5.74) is 0. The van der Waals surface area contributed by atoms with Crippen molar-refractivity contribution < 1.29 is 14.3 Å². The summed E-state index contributed by atoms with van der Waals surface area (Å²) in [7, 11) is 1.65. The number of hydrogen-bond donors (Lipinski definition) is 0. The Hall–Kier alpha value is -0.670. The second kappa shape index (κ2) is 6.74. The molecule has 3 nitrogen and oxygen atoms in total. The Labute approximate surface area is 85.1 Å². The normalized spacial score (nSPS) is 26.4. The lowest BCUT2D eigenvalue weighted by Gasteiger charge is -2.22. The fourth-order valence-electron chi connectivity index (χ4n) is 1.63. The van der Waals surface area contributed by atoms with Gasteiger partial charge in [0.15, 0.2) is 0 Å². The van der Waals surface area contributed by atoms with E-state index in [1.54, 1.807) is 7.11 Å². The molecule has 0 bridgehead atoms. The zero-order valence-corrected chi connectivity index (χ0v) is 8.65. The summed E-state index contributed by atoms with van der Waals surface area (Å²) in [6.45, 7) is 1.85. The van der Waals surface area contributed by atoms with Gasteiger partial charge < -0.3 is 14.3 Å². The summed E-state index contributed by atoms with van der Waals surface area (Å²) < 4.78 is 10.3. The van der Waals surface area contributed by atoms with Gasteiger partial charge in [0.05, 0.1) is 19.8 Å². The highest BCUT2D eigenvalue weighted by atomic mass is 16.5. The van der Waals surface area contributed by atoms with E-state index in [0.29, 0.717) is 19.8 Å². The first-order chi connectivity index (χ1) is 6.88. The van der Waals surface area contributed by atoms with Crippen LogP contribution in [0.3, 0.4) is 0 Å². The largest absolute Gasteiger partial charge is 0.382 e. The minimum absolute atomic E-state index is 0.141. The molecule has 0 radical (unpaired) electrons. The Morgan fingerprint density at radius 3 is 3.07 bits per heavy atom. The Balaban J connectivity index is 2.23. The van der Waals surface area contributed by atoms with Gasteiger partial charge in [-0.15, -0.1) is 0 Å². The zero-order chi connectivity index (χ0) is 10.2. The number of ether oxygens (including phenoxy) is 2. The van der Waals surface area contributed by atoms with Crippen LogP contribution in [0.4, 0.5) is 0 Å². The van der Waals surface area contributed by atoms with Gasteiger partial charge in [0.2, 0.25) is 0 Å². The highest BCUT2D eigenvalue weighted by molar-refractivity contribution is 5.55. The molecule has 14 heavy (non-hydrogen) atoms. The molecule has 0 spiro atoms. The average molecular weight is 198 g/mol. The Kier molecular flexibility index (Phi) is 5.49. The molecule has 0 heterocycles. The molecule has 0 saturated carbocycles. The fraction of sp³-hybridized carbons (Fsp3) is 0.727. The van der Waals surface area contributed by atoms with Crippen molar-refractivity contribution in [1.82, 2.24) is 0 Å². The van der Waals surface area contributed by atoms with Gasteiger partial charge in [-0.3, -0.25) is 0 Å². The van der Waals surface area contributed by atoms with Crippen molar-refractivity contribution in [2.75, 3.05) is 26.9 Å². The van der Waals surface area contributed by atoms with E-state index < -0.39 is 0 Å². The summed E-state index contributed by atoms with van der Waals surface area (Å²) in [5.74, 6) is 0.403. The summed E-state index contributed by atoms with van der Waals surface area (Å²) >= 11 is 0. The smallest absolute Gasteiger partial charge is 0.123 e. The standard InChI is InChI=1S/C11H18O3/c1-13-6-7-14-9-11-5-3-2-4-10(11)8-12/h3,5,8,10-11H,2,4,6-7,9H2,1H3/t10-,11-/m0/s1. The van der Waals surface area contributed by atoms with Crippen molar-refractivity contribution in [3.05, 3.63) is 12.2 Å². The van der Waals surface area contributed by atoms with Gasteiger partial charge in [0.1, 0.15) is 6.29 Å². The molecule has 0 aromatic heterocycles. The lowest BCUT2D eigenvalue weighted by atomic mass is 9.86. The van der Waals surface area contributed by atoms with Crippen molar-refractivity contribution in [3.63, 3.8) is 0 Å². The predicted octanol–water partition coefficient (Wildman–Crippen LogP) is 1.43. The molecule has 0 unspecified atom stereocenters. The topological polar surface area (TPSA) is 35.5 Å². The molecule has 0 aromatic rings. The fourth-order valence-corrected chi connectivity index (χ4v) is 1.63. The molecule has 0 N–H and O–H groups in total. The van der Waals surface area contributed by atoms with Gasteiger partial charge >= 0.3 is 0 Å². The Morgan fingerprint density at radius 2 is 2.36 bits per heavy atom. The van der Waals surface area contributed by atoms with Crippen LogP contribution in [0.1, 0.15) is 12.8 Å². The summed E-state index contributed by atoms with van der Waals surface area (Å²) in [6, 6.07) is 0. The summed E-state index contributed by atoms with van der Waals surface area (Å²) in [5, 5.41) is 0. The van der Waals surface area contributed by atoms with E-state index >= 15 is 0 Å². The number of rotatable bonds is 6. The average Bonchev–Trinajstić information content (AvgIpc) is 2.25. The van der Waals surface area contributed by atoms with Crippen LogP contribution in [-0.2, 0) is 14.3 Å². The lowest BCUT2D eigenvalue weighted by molar-refractivity contribution is -0.113. The number of methoxy groups -OCH3 is 1. The summed E-state index contributed by atoms with van der Waals surface area (Å²) in [6.07, 6.45) is 7.24. The molecule has 1 aliphatic carbocycles. The van der Waals surface area contributed by atoms with E-state index in [1.807, 2.05) is 0 Å². The first-order valence-electron chi connectivity index (χ1n) is 5.07. The quantitative estimate of drug-likeness (QED) is 0.368. The van der Waals surface area contributed by atoms with E-state index in [4.69, 9.17) is 9.47 Å². The molecule has 1 rings (SSSR count). The van der Waals surface area contributed by atoms with Gasteiger partial charge in [-0.1, -0.05) is 12.2 Å². The van der Waals surface area contributed by atoms with Crippen molar-refractivity contribution in [3.8, 4) is 0 Å². The molecule has 3 heteroatoms. The molecule has 2 atom stereocenters. The van der Waals surface area contributed by atoms with Crippen LogP contribution in [0.2, 0.25) is 0 Å². The third-order valence-electron chi connectivity index (χ3n) is 2.52. The molecule has 80 valence electrons. The van der Waals surface area contributed by atoms with E-state index in [9.17, 15) is 4.79 Å². The van der Waals surface area contributed by atoms with E-state index in [-0.39, 0.29) is 11.8 Å². The monoisotopic (exact) mass is 198 g/mol. The highest BCUT2D eigenvalue weighted by Gasteiger charge is 2.20. The molecular formula is C11H18O3.